The maximum absolute atomic E-state index is 13.4. The van der Waals surface area contributed by atoms with Gasteiger partial charge in [0.05, 0.1) is 17.0 Å². The van der Waals surface area contributed by atoms with Gasteiger partial charge < -0.3 is 13.9 Å². The van der Waals surface area contributed by atoms with Gasteiger partial charge in [-0.05, 0) is 49.1 Å². The van der Waals surface area contributed by atoms with Crippen LogP contribution in [0, 0.1) is 12.8 Å². The third-order valence-electron chi connectivity index (χ3n) is 6.08. The largest absolute Gasteiger partial charge is 0.393 e. The summed E-state index contributed by atoms with van der Waals surface area (Å²) in [7, 11) is 1.69. The SMILES string of the molecule is Cc1cc(-c2ccc3nc(C4CCOCC4)n(CC(C)C(F)(F)F)c3c2)cn(C)c1=O. The minimum absolute atomic E-state index is 0.0734. The monoisotopic (exact) mass is 433 g/mol. The summed E-state index contributed by atoms with van der Waals surface area (Å²) in [5.41, 5.74) is 3.58. The molecule has 1 unspecified atom stereocenters. The first-order valence-electron chi connectivity index (χ1n) is 10.5. The van der Waals surface area contributed by atoms with E-state index in [1.54, 1.807) is 24.7 Å². The Balaban J connectivity index is 1.85. The quantitative estimate of drug-likeness (QED) is 0.594. The van der Waals surface area contributed by atoms with Crippen LogP contribution in [0.4, 0.5) is 13.2 Å². The summed E-state index contributed by atoms with van der Waals surface area (Å²) in [5.74, 6) is -0.722. The van der Waals surface area contributed by atoms with Crippen LogP contribution in [-0.4, -0.2) is 33.5 Å². The molecule has 1 aliphatic heterocycles. The molecule has 1 fully saturated rings. The molecular formula is C23H26F3N3O2. The fourth-order valence-corrected chi connectivity index (χ4v) is 4.19. The fourth-order valence-electron chi connectivity index (χ4n) is 4.19. The lowest BCUT2D eigenvalue weighted by molar-refractivity contribution is -0.172. The molecule has 0 aliphatic carbocycles. The Bertz CT molecular complexity index is 1130. The Labute approximate surface area is 178 Å². The van der Waals surface area contributed by atoms with Crippen molar-refractivity contribution in [3.8, 4) is 11.1 Å². The van der Waals surface area contributed by atoms with Crippen molar-refractivity contribution in [1.82, 2.24) is 14.1 Å². The lowest BCUT2D eigenvalue weighted by Crippen LogP contribution is -2.26. The Hall–Kier alpha value is -2.61. The number of halogens is 3. The first kappa shape index (κ1) is 21.6. The minimum atomic E-state index is -4.28. The average Bonchev–Trinajstić information content (AvgIpc) is 3.09. The van der Waals surface area contributed by atoms with E-state index in [0.29, 0.717) is 35.6 Å². The predicted molar refractivity (Wildman–Crippen MR) is 113 cm³/mol. The predicted octanol–water partition coefficient (Wildman–Crippen LogP) is 4.80. The zero-order valence-electron chi connectivity index (χ0n) is 17.9. The van der Waals surface area contributed by atoms with E-state index < -0.39 is 12.1 Å². The van der Waals surface area contributed by atoms with Gasteiger partial charge in [-0.1, -0.05) is 13.0 Å². The molecule has 31 heavy (non-hydrogen) atoms. The number of fused-ring (bicyclic) bond motifs is 1. The zero-order chi connectivity index (χ0) is 22.3. The number of hydrogen-bond donors (Lipinski definition) is 0. The molecule has 4 rings (SSSR count). The second-order valence-electron chi connectivity index (χ2n) is 8.44. The number of imidazole rings is 1. The highest BCUT2D eigenvalue weighted by Crippen LogP contribution is 2.34. The van der Waals surface area contributed by atoms with Crippen LogP contribution in [0.1, 0.15) is 37.1 Å². The molecule has 1 aliphatic rings. The number of aromatic nitrogens is 3. The van der Waals surface area contributed by atoms with E-state index in [9.17, 15) is 18.0 Å². The molecule has 2 aromatic heterocycles. The van der Waals surface area contributed by atoms with E-state index in [2.05, 4.69) is 0 Å². The van der Waals surface area contributed by atoms with E-state index >= 15 is 0 Å². The van der Waals surface area contributed by atoms with Crippen LogP contribution in [0.2, 0.25) is 0 Å². The maximum atomic E-state index is 13.4. The summed E-state index contributed by atoms with van der Waals surface area (Å²) >= 11 is 0. The number of pyridine rings is 1. The van der Waals surface area contributed by atoms with Crippen LogP contribution < -0.4 is 5.56 Å². The number of rotatable bonds is 4. The topological polar surface area (TPSA) is 49.0 Å². The van der Waals surface area contributed by atoms with Gasteiger partial charge in [0.1, 0.15) is 5.82 Å². The van der Waals surface area contributed by atoms with Crippen molar-refractivity contribution in [2.24, 2.45) is 13.0 Å². The highest BCUT2D eigenvalue weighted by Gasteiger charge is 2.37. The van der Waals surface area contributed by atoms with Crippen molar-refractivity contribution >= 4 is 11.0 Å². The first-order chi connectivity index (χ1) is 14.6. The van der Waals surface area contributed by atoms with Crippen LogP contribution in [0.5, 0.6) is 0 Å². The van der Waals surface area contributed by atoms with Crippen molar-refractivity contribution in [3.05, 3.63) is 52.2 Å². The summed E-state index contributed by atoms with van der Waals surface area (Å²) < 4.78 is 48.9. The van der Waals surface area contributed by atoms with Gasteiger partial charge in [0.2, 0.25) is 0 Å². The van der Waals surface area contributed by atoms with Crippen LogP contribution in [-0.2, 0) is 18.3 Å². The van der Waals surface area contributed by atoms with Gasteiger partial charge in [-0.3, -0.25) is 4.79 Å². The molecule has 8 heteroatoms. The number of aryl methyl sites for hydroxylation is 2. The van der Waals surface area contributed by atoms with Gasteiger partial charge in [-0.25, -0.2) is 4.98 Å². The molecular weight excluding hydrogens is 407 g/mol. The van der Waals surface area contributed by atoms with Gasteiger partial charge >= 0.3 is 6.18 Å². The van der Waals surface area contributed by atoms with Gasteiger partial charge in [-0.15, -0.1) is 0 Å². The van der Waals surface area contributed by atoms with Crippen LogP contribution in [0.15, 0.2) is 35.3 Å². The summed E-state index contributed by atoms with van der Waals surface area (Å²) in [6.45, 7) is 3.96. The molecule has 1 saturated heterocycles. The Kier molecular flexibility index (Phi) is 5.68. The smallest absolute Gasteiger partial charge is 0.381 e. The molecule has 1 atom stereocenters. The normalized spacial score (nSPS) is 16.7. The van der Waals surface area contributed by atoms with Gasteiger partial charge in [-0.2, -0.15) is 13.2 Å². The van der Waals surface area contributed by atoms with Gasteiger partial charge in [0.15, 0.2) is 0 Å². The summed E-state index contributed by atoms with van der Waals surface area (Å²) in [6.07, 6.45) is -1.04. The fraction of sp³-hybridized carbons (Fsp3) is 0.478. The third kappa shape index (κ3) is 4.26. The second-order valence-corrected chi connectivity index (χ2v) is 8.44. The number of nitrogens with zero attached hydrogens (tertiary/aromatic N) is 3. The lowest BCUT2D eigenvalue weighted by Gasteiger charge is -2.24. The Morgan fingerprint density at radius 1 is 1.19 bits per heavy atom. The van der Waals surface area contributed by atoms with Crippen molar-refractivity contribution in [3.63, 3.8) is 0 Å². The van der Waals surface area contributed by atoms with E-state index in [1.165, 1.54) is 11.5 Å². The summed E-state index contributed by atoms with van der Waals surface area (Å²) in [5, 5.41) is 0. The molecule has 1 aromatic carbocycles. The van der Waals surface area contributed by atoms with Gasteiger partial charge in [0.25, 0.3) is 5.56 Å². The molecule has 0 bridgehead atoms. The second kappa shape index (κ2) is 8.15. The molecule has 166 valence electrons. The number of benzene rings is 1. The molecule has 0 spiro atoms. The molecule has 3 aromatic rings. The standard InChI is InChI=1S/C23H26F3N3O2/c1-14-10-18(13-28(3)22(14)30)17-4-5-19-20(11-17)29(12-15(2)23(24,25)26)21(27-19)16-6-8-31-9-7-16/h4-5,10-11,13,15-16H,6-9,12H2,1-3H3. The van der Waals surface area contributed by atoms with Crippen molar-refractivity contribution < 1.29 is 17.9 Å². The number of ether oxygens (including phenoxy) is 1. The number of alkyl halides is 3. The number of hydrogen-bond acceptors (Lipinski definition) is 3. The van der Waals surface area contributed by atoms with E-state index in [4.69, 9.17) is 9.72 Å². The van der Waals surface area contributed by atoms with E-state index in [-0.39, 0.29) is 18.0 Å². The average molecular weight is 433 g/mol. The molecule has 0 saturated carbocycles. The molecule has 3 heterocycles. The highest BCUT2D eigenvalue weighted by molar-refractivity contribution is 5.82. The van der Waals surface area contributed by atoms with Crippen LogP contribution >= 0.6 is 0 Å². The Morgan fingerprint density at radius 3 is 2.55 bits per heavy atom. The van der Waals surface area contributed by atoms with Crippen molar-refractivity contribution in [1.29, 1.82) is 0 Å². The summed E-state index contributed by atoms with van der Waals surface area (Å²) in [4.78, 5) is 16.8. The first-order valence-corrected chi connectivity index (χ1v) is 10.5. The molecule has 5 nitrogen and oxygen atoms in total. The van der Waals surface area contributed by atoms with Crippen LogP contribution in [0.3, 0.4) is 0 Å². The maximum Gasteiger partial charge on any atom is 0.393 e. The minimum Gasteiger partial charge on any atom is -0.381 e. The summed E-state index contributed by atoms with van der Waals surface area (Å²) in [6, 6.07) is 7.44. The lowest BCUT2D eigenvalue weighted by atomic mass is 9.99. The Morgan fingerprint density at radius 2 is 1.90 bits per heavy atom. The van der Waals surface area contributed by atoms with E-state index in [0.717, 1.165) is 24.0 Å². The van der Waals surface area contributed by atoms with E-state index in [1.807, 2.05) is 24.3 Å². The van der Waals surface area contributed by atoms with Gasteiger partial charge in [0, 0.05) is 44.5 Å². The molecule has 0 N–H and O–H groups in total. The highest BCUT2D eigenvalue weighted by atomic mass is 19.4. The van der Waals surface area contributed by atoms with Crippen LogP contribution in [0.25, 0.3) is 22.2 Å². The molecule has 0 amide bonds. The van der Waals surface area contributed by atoms with Crippen molar-refractivity contribution in [2.75, 3.05) is 13.2 Å². The third-order valence-corrected chi connectivity index (χ3v) is 6.08. The molecule has 0 radical (unpaired) electrons. The zero-order valence-corrected chi connectivity index (χ0v) is 17.9. The van der Waals surface area contributed by atoms with Crippen molar-refractivity contribution in [2.45, 2.75) is 45.3 Å².